The second-order valence-corrected chi connectivity index (χ2v) is 7.03. The average Bonchev–Trinajstić information content (AvgIpc) is 2.67. The highest BCUT2D eigenvalue weighted by Gasteiger charge is 2.61. The molecule has 0 aromatic heterocycles. The Balaban J connectivity index is 1.57. The zero-order valence-electron chi connectivity index (χ0n) is 14.2. The molecule has 1 amide bonds. The third kappa shape index (κ3) is 2.90. The van der Waals surface area contributed by atoms with E-state index >= 15 is 0 Å². The van der Waals surface area contributed by atoms with E-state index in [2.05, 4.69) is 12.1 Å². The Morgan fingerprint density at radius 2 is 1.68 bits per heavy atom. The Bertz CT molecular complexity index is 738. The number of ether oxygens (including phenoxy) is 1. The first-order valence-electron chi connectivity index (χ1n) is 8.97. The summed E-state index contributed by atoms with van der Waals surface area (Å²) in [6.07, 6.45) is 4.92. The van der Waals surface area contributed by atoms with E-state index in [0.717, 1.165) is 31.2 Å². The molecule has 1 unspecified atom stereocenters. The Kier molecular flexibility index (Phi) is 4.20. The van der Waals surface area contributed by atoms with Crippen molar-refractivity contribution in [2.45, 2.75) is 50.3 Å². The fraction of sp³-hybridized carbons (Fsp3) is 0.381. The molecule has 1 saturated heterocycles. The van der Waals surface area contributed by atoms with Gasteiger partial charge >= 0.3 is 0 Å². The predicted molar refractivity (Wildman–Crippen MR) is 93.6 cm³/mol. The van der Waals surface area contributed by atoms with Crippen LogP contribution in [0.15, 0.2) is 54.6 Å². The standard InChI is InChI=1S/C21H22FNO2/c22-17-9-11-18(12-10-17)25-19-20(24)23(15-16-7-3-1-4-8-16)21(19)13-5-2-6-14-21/h1,3-4,7-12,19H,2,5-6,13-15H2. The van der Waals surface area contributed by atoms with Crippen LogP contribution in [0.4, 0.5) is 4.39 Å². The Morgan fingerprint density at radius 1 is 1.00 bits per heavy atom. The lowest BCUT2D eigenvalue weighted by Crippen LogP contribution is -2.76. The number of amides is 1. The number of carbonyl (C=O) groups is 1. The van der Waals surface area contributed by atoms with Gasteiger partial charge in [0.15, 0.2) is 6.10 Å². The molecule has 25 heavy (non-hydrogen) atoms. The quantitative estimate of drug-likeness (QED) is 0.777. The molecule has 1 saturated carbocycles. The third-order valence-electron chi connectivity index (χ3n) is 5.49. The molecule has 1 aliphatic heterocycles. The summed E-state index contributed by atoms with van der Waals surface area (Å²) in [5.74, 6) is 0.296. The van der Waals surface area contributed by atoms with Crippen molar-refractivity contribution < 1.29 is 13.9 Å². The van der Waals surface area contributed by atoms with Crippen LogP contribution in [0.25, 0.3) is 0 Å². The molecule has 1 aliphatic carbocycles. The van der Waals surface area contributed by atoms with Gasteiger partial charge in [0, 0.05) is 6.54 Å². The zero-order chi connectivity index (χ0) is 17.3. The number of rotatable bonds is 4. The number of hydrogen-bond donors (Lipinski definition) is 0. The van der Waals surface area contributed by atoms with Gasteiger partial charge < -0.3 is 9.64 Å². The molecule has 4 heteroatoms. The van der Waals surface area contributed by atoms with Gasteiger partial charge in [-0.15, -0.1) is 0 Å². The van der Waals surface area contributed by atoms with Crippen molar-refractivity contribution in [3.8, 4) is 5.75 Å². The van der Waals surface area contributed by atoms with Gasteiger partial charge in [0.05, 0.1) is 5.54 Å². The third-order valence-corrected chi connectivity index (χ3v) is 5.49. The topological polar surface area (TPSA) is 29.5 Å². The molecule has 0 radical (unpaired) electrons. The molecule has 3 nitrogen and oxygen atoms in total. The van der Waals surface area contributed by atoms with Crippen LogP contribution in [0.2, 0.25) is 0 Å². The van der Waals surface area contributed by atoms with E-state index < -0.39 is 6.10 Å². The fourth-order valence-corrected chi connectivity index (χ4v) is 4.17. The lowest BCUT2D eigenvalue weighted by molar-refractivity contribution is -0.188. The van der Waals surface area contributed by atoms with E-state index in [-0.39, 0.29) is 17.3 Å². The van der Waals surface area contributed by atoms with E-state index in [9.17, 15) is 9.18 Å². The van der Waals surface area contributed by atoms with Crippen molar-refractivity contribution in [1.82, 2.24) is 4.90 Å². The molecule has 0 bridgehead atoms. The minimum Gasteiger partial charge on any atom is -0.478 e. The van der Waals surface area contributed by atoms with Crippen molar-refractivity contribution in [3.63, 3.8) is 0 Å². The second-order valence-electron chi connectivity index (χ2n) is 7.03. The summed E-state index contributed by atoms with van der Waals surface area (Å²) in [4.78, 5) is 14.8. The molecule has 130 valence electrons. The smallest absolute Gasteiger partial charge is 0.267 e. The van der Waals surface area contributed by atoms with Crippen LogP contribution in [0.1, 0.15) is 37.7 Å². The van der Waals surface area contributed by atoms with E-state index in [0.29, 0.717) is 12.3 Å². The van der Waals surface area contributed by atoms with Crippen LogP contribution in [0, 0.1) is 5.82 Å². The van der Waals surface area contributed by atoms with Crippen molar-refractivity contribution in [2.24, 2.45) is 0 Å². The highest BCUT2D eigenvalue weighted by molar-refractivity contribution is 5.90. The summed E-state index contributed by atoms with van der Waals surface area (Å²) in [6, 6.07) is 16.0. The van der Waals surface area contributed by atoms with Gasteiger partial charge in [-0.25, -0.2) is 4.39 Å². The van der Waals surface area contributed by atoms with Gasteiger partial charge in [0.2, 0.25) is 0 Å². The number of benzene rings is 2. The van der Waals surface area contributed by atoms with Crippen molar-refractivity contribution in [3.05, 3.63) is 66.0 Å². The molecular formula is C21H22FNO2. The predicted octanol–water partition coefficient (Wildman–Crippen LogP) is 4.32. The molecule has 1 atom stereocenters. The summed E-state index contributed by atoms with van der Waals surface area (Å²) < 4.78 is 19.1. The zero-order valence-corrected chi connectivity index (χ0v) is 14.2. The molecular weight excluding hydrogens is 317 g/mol. The number of carbonyl (C=O) groups excluding carboxylic acids is 1. The summed E-state index contributed by atoms with van der Waals surface area (Å²) >= 11 is 0. The van der Waals surface area contributed by atoms with Gasteiger partial charge in [-0.05, 0) is 42.7 Å². The van der Waals surface area contributed by atoms with Crippen LogP contribution in [0.3, 0.4) is 0 Å². The minimum absolute atomic E-state index is 0.0371. The van der Waals surface area contributed by atoms with Crippen LogP contribution >= 0.6 is 0 Å². The summed E-state index contributed by atoms with van der Waals surface area (Å²) in [5.41, 5.74) is 0.917. The van der Waals surface area contributed by atoms with Gasteiger partial charge in [-0.3, -0.25) is 4.79 Å². The lowest BCUT2D eigenvalue weighted by Gasteiger charge is -2.58. The molecule has 2 aliphatic rings. The number of likely N-dealkylation sites (tertiary alicyclic amines) is 1. The number of halogens is 1. The van der Waals surface area contributed by atoms with E-state index in [1.807, 2.05) is 23.1 Å². The van der Waals surface area contributed by atoms with E-state index in [1.165, 1.54) is 18.6 Å². The highest BCUT2D eigenvalue weighted by atomic mass is 19.1. The highest BCUT2D eigenvalue weighted by Crippen LogP contribution is 2.46. The molecule has 0 N–H and O–H groups in total. The first kappa shape index (κ1) is 16.1. The maximum Gasteiger partial charge on any atom is 0.267 e. The summed E-state index contributed by atoms with van der Waals surface area (Å²) in [5, 5.41) is 0. The number of nitrogens with zero attached hydrogens (tertiary/aromatic N) is 1. The molecule has 1 spiro atoms. The number of β-lactam (4-membered cyclic amide) rings is 1. The minimum atomic E-state index is -0.457. The summed E-state index contributed by atoms with van der Waals surface area (Å²) in [7, 11) is 0. The first-order chi connectivity index (χ1) is 12.2. The van der Waals surface area contributed by atoms with Crippen LogP contribution in [-0.2, 0) is 11.3 Å². The SMILES string of the molecule is O=C1C(Oc2ccc(F)cc2)C2(CCCCC2)N1Cc1ccccc1. The molecule has 2 aromatic rings. The van der Waals surface area contributed by atoms with Crippen molar-refractivity contribution >= 4 is 5.91 Å². The Hall–Kier alpha value is -2.36. The van der Waals surface area contributed by atoms with Crippen molar-refractivity contribution in [1.29, 1.82) is 0 Å². The monoisotopic (exact) mass is 339 g/mol. The van der Waals surface area contributed by atoms with Crippen LogP contribution in [0.5, 0.6) is 5.75 Å². The van der Waals surface area contributed by atoms with Gasteiger partial charge in [-0.2, -0.15) is 0 Å². The van der Waals surface area contributed by atoms with Crippen LogP contribution < -0.4 is 4.74 Å². The normalized spacial score (nSPS) is 21.9. The molecule has 4 rings (SSSR count). The van der Waals surface area contributed by atoms with E-state index in [1.54, 1.807) is 12.1 Å². The first-order valence-corrected chi connectivity index (χ1v) is 8.97. The van der Waals surface area contributed by atoms with Crippen molar-refractivity contribution in [2.75, 3.05) is 0 Å². The molecule has 2 aromatic carbocycles. The van der Waals surface area contributed by atoms with Gasteiger partial charge in [-0.1, -0.05) is 49.6 Å². The molecule has 1 heterocycles. The van der Waals surface area contributed by atoms with Gasteiger partial charge in [0.25, 0.3) is 5.91 Å². The summed E-state index contributed by atoms with van der Waals surface area (Å²) in [6.45, 7) is 0.628. The van der Waals surface area contributed by atoms with Crippen LogP contribution in [-0.4, -0.2) is 22.4 Å². The fourth-order valence-electron chi connectivity index (χ4n) is 4.17. The lowest BCUT2D eigenvalue weighted by atomic mass is 9.69. The maximum absolute atomic E-state index is 13.1. The average molecular weight is 339 g/mol. The number of hydrogen-bond acceptors (Lipinski definition) is 2. The second kappa shape index (κ2) is 6.51. The van der Waals surface area contributed by atoms with E-state index in [4.69, 9.17) is 4.74 Å². The largest absolute Gasteiger partial charge is 0.478 e. The van der Waals surface area contributed by atoms with Gasteiger partial charge in [0.1, 0.15) is 11.6 Å². The Labute approximate surface area is 147 Å². The Morgan fingerprint density at radius 3 is 2.36 bits per heavy atom. The molecule has 2 fully saturated rings. The maximum atomic E-state index is 13.1.